The third-order valence-corrected chi connectivity index (χ3v) is 3.89. The van der Waals surface area contributed by atoms with E-state index < -0.39 is 10.0 Å². The third-order valence-electron chi connectivity index (χ3n) is 2.18. The van der Waals surface area contributed by atoms with Crippen LogP contribution < -0.4 is 15.2 Å². The summed E-state index contributed by atoms with van der Waals surface area (Å²) in [5.41, 5.74) is 5.28. The highest BCUT2D eigenvalue weighted by Gasteiger charge is 2.19. The Bertz CT molecular complexity index is 507. The molecule has 1 aromatic rings. The first-order valence-corrected chi connectivity index (χ1v) is 7.48. The lowest BCUT2D eigenvalue weighted by Gasteiger charge is -2.12. The predicted molar refractivity (Wildman–Crippen MR) is 73.1 cm³/mol. The minimum Gasteiger partial charge on any atom is -0.490 e. The molecule has 0 amide bonds. The zero-order valence-electron chi connectivity index (χ0n) is 10.6. The van der Waals surface area contributed by atoms with Crippen LogP contribution >= 0.6 is 11.6 Å². The summed E-state index contributed by atoms with van der Waals surface area (Å²) in [5, 5.41) is 0.312. The lowest BCUT2D eigenvalue weighted by atomic mass is 10.3. The highest BCUT2D eigenvalue weighted by atomic mass is 35.5. The second-order valence-electron chi connectivity index (χ2n) is 3.62. The van der Waals surface area contributed by atoms with Gasteiger partial charge in [-0.1, -0.05) is 11.6 Å². The van der Waals surface area contributed by atoms with E-state index >= 15 is 0 Å². The van der Waals surface area contributed by atoms with Gasteiger partial charge in [0, 0.05) is 25.2 Å². The van der Waals surface area contributed by atoms with Crippen molar-refractivity contribution in [1.82, 2.24) is 4.72 Å². The van der Waals surface area contributed by atoms with E-state index in [2.05, 4.69) is 4.72 Å². The van der Waals surface area contributed by atoms with Gasteiger partial charge in [0.05, 0.1) is 6.61 Å². The Morgan fingerprint density at radius 3 is 2.74 bits per heavy atom. The van der Waals surface area contributed by atoms with E-state index in [1.54, 1.807) is 6.07 Å². The maximum absolute atomic E-state index is 12.1. The van der Waals surface area contributed by atoms with E-state index in [0.717, 1.165) is 0 Å². The Hall–Kier alpha value is -0.860. The van der Waals surface area contributed by atoms with Gasteiger partial charge in [-0.3, -0.25) is 0 Å². The number of sulfonamides is 1. The van der Waals surface area contributed by atoms with Gasteiger partial charge < -0.3 is 15.2 Å². The highest BCUT2D eigenvalue weighted by Crippen LogP contribution is 2.27. The maximum atomic E-state index is 12.1. The lowest BCUT2D eigenvalue weighted by Crippen LogP contribution is -2.29. The fourth-order valence-electron chi connectivity index (χ4n) is 1.32. The molecule has 0 atom stereocenters. The number of rotatable bonds is 8. The zero-order valence-corrected chi connectivity index (χ0v) is 12.1. The molecule has 0 saturated carbocycles. The molecule has 1 rings (SSSR count). The smallest absolute Gasteiger partial charge is 0.244 e. The van der Waals surface area contributed by atoms with Gasteiger partial charge in [0.25, 0.3) is 0 Å². The molecule has 8 heteroatoms. The highest BCUT2D eigenvalue weighted by molar-refractivity contribution is 7.89. The van der Waals surface area contributed by atoms with Gasteiger partial charge in [-0.25, -0.2) is 13.1 Å². The number of hydrogen-bond acceptors (Lipinski definition) is 5. The molecule has 0 fully saturated rings. The molecule has 0 heterocycles. The van der Waals surface area contributed by atoms with E-state index in [4.69, 9.17) is 26.8 Å². The normalized spacial score (nSPS) is 11.5. The fraction of sp³-hybridized carbons (Fsp3) is 0.455. The SMILES string of the molecule is COCCOc1ccc(Cl)cc1S(=O)(=O)NCCN. The second-order valence-corrected chi connectivity index (χ2v) is 5.79. The van der Waals surface area contributed by atoms with Crippen molar-refractivity contribution in [2.45, 2.75) is 4.90 Å². The topological polar surface area (TPSA) is 90.6 Å². The Balaban J connectivity index is 2.99. The van der Waals surface area contributed by atoms with Crippen molar-refractivity contribution in [2.24, 2.45) is 5.73 Å². The standard InChI is InChI=1S/C11H17ClN2O4S/c1-17-6-7-18-10-3-2-9(12)8-11(10)19(15,16)14-5-4-13/h2-3,8,14H,4-7,13H2,1H3. The first kappa shape index (κ1) is 16.2. The van der Waals surface area contributed by atoms with Crippen LogP contribution in [0.4, 0.5) is 0 Å². The summed E-state index contributed by atoms with van der Waals surface area (Å²) in [7, 11) is -2.16. The molecular formula is C11H17ClN2O4S. The summed E-state index contributed by atoms with van der Waals surface area (Å²) in [5.74, 6) is 0.228. The van der Waals surface area contributed by atoms with Crippen molar-refractivity contribution in [1.29, 1.82) is 0 Å². The van der Waals surface area contributed by atoms with Gasteiger partial charge in [0.2, 0.25) is 10.0 Å². The van der Waals surface area contributed by atoms with E-state index in [9.17, 15) is 8.42 Å². The first-order valence-electron chi connectivity index (χ1n) is 5.62. The molecule has 0 bridgehead atoms. The Labute approximate surface area is 117 Å². The Kier molecular flexibility index (Phi) is 6.53. The molecule has 6 nitrogen and oxygen atoms in total. The number of ether oxygens (including phenoxy) is 2. The summed E-state index contributed by atoms with van der Waals surface area (Å²) >= 11 is 5.82. The average molecular weight is 309 g/mol. The fourth-order valence-corrected chi connectivity index (χ4v) is 2.77. The molecule has 0 aliphatic carbocycles. The molecule has 0 unspecified atom stereocenters. The van der Waals surface area contributed by atoms with E-state index in [0.29, 0.717) is 11.6 Å². The molecule has 0 radical (unpaired) electrons. The van der Waals surface area contributed by atoms with Crippen LogP contribution in [0.25, 0.3) is 0 Å². The van der Waals surface area contributed by atoms with Crippen LogP contribution in [-0.2, 0) is 14.8 Å². The van der Waals surface area contributed by atoms with Gasteiger partial charge in [0.15, 0.2) is 0 Å². The second kappa shape index (κ2) is 7.66. The predicted octanol–water partition coefficient (Wildman–Crippen LogP) is 0.602. The quantitative estimate of drug-likeness (QED) is 0.686. The van der Waals surface area contributed by atoms with Crippen LogP contribution in [-0.4, -0.2) is 41.8 Å². The molecule has 0 aliphatic rings. The van der Waals surface area contributed by atoms with Crippen molar-refractivity contribution < 1.29 is 17.9 Å². The summed E-state index contributed by atoms with van der Waals surface area (Å²) in [6.07, 6.45) is 0. The molecule has 0 spiro atoms. The Morgan fingerprint density at radius 1 is 1.37 bits per heavy atom. The van der Waals surface area contributed by atoms with Gasteiger partial charge in [0.1, 0.15) is 17.3 Å². The minimum absolute atomic E-state index is 0.00967. The minimum atomic E-state index is -3.69. The van der Waals surface area contributed by atoms with Gasteiger partial charge in [-0.15, -0.1) is 0 Å². The number of nitrogens with two attached hydrogens (primary N) is 1. The van der Waals surface area contributed by atoms with Crippen LogP contribution in [0.3, 0.4) is 0 Å². The van der Waals surface area contributed by atoms with E-state index in [1.807, 2.05) is 0 Å². The number of nitrogens with one attached hydrogen (secondary N) is 1. The lowest BCUT2D eigenvalue weighted by molar-refractivity contribution is 0.144. The van der Waals surface area contributed by atoms with E-state index in [1.165, 1.54) is 19.2 Å². The van der Waals surface area contributed by atoms with Crippen LogP contribution in [0.5, 0.6) is 5.75 Å². The first-order chi connectivity index (χ1) is 9.01. The number of hydrogen-bond donors (Lipinski definition) is 2. The Morgan fingerprint density at radius 2 is 2.11 bits per heavy atom. The van der Waals surface area contributed by atoms with Crippen molar-refractivity contribution in [3.63, 3.8) is 0 Å². The van der Waals surface area contributed by atoms with E-state index in [-0.39, 0.29) is 30.3 Å². The van der Waals surface area contributed by atoms with Gasteiger partial charge in [-0.2, -0.15) is 0 Å². The molecule has 0 aromatic heterocycles. The molecular weight excluding hydrogens is 292 g/mol. The summed E-state index contributed by atoms with van der Waals surface area (Å²) in [4.78, 5) is -0.00967. The van der Waals surface area contributed by atoms with Crippen molar-refractivity contribution in [3.05, 3.63) is 23.2 Å². The molecule has 0 saturated heterocycles. The molecule has 19 heavy (non-hydrogen) atoms. The largest absolute Gasteiger partial charge is 0.490 e. The van der Waals surface area contributed by atoms with Gasteiger partial charge in [-0.05, 0) is 18.2 Å². The average Bonchev–Trinajstić information content (AvgIpc) is 2.38. The summed E-state index contributed by atoms with van der Waals surface area (Å²) < 4.78 is 36.7. The molecule has 1 aromatic carbocycles. The monoisotopic (exact) mass is 308 g/mol. The zero-order chi connectivity index (χ0) is 14.3. The van der Waals surface area contributed by atoms with Crippen LogP contribution in [0.1, 0.15) is 0 Å². The van der Waals surface area contributed by atoms with Gasteiger partial charge >= 0.3 is 0 Å². The number of halogens is 1. The van der Waals surface area contributed by atoms with Crippen LogP contribution in [0.15, 0.2) is 23.1 Å². The molecule has 108 valence electrons. The van der Waals surface area contributed by atoms with Crippen molar-refractivity contribution >= 4 is 21.6 Å². The van der Waals surface area contributed by atoms with Crippen molar-refractivity contribution in [2.75, 3.05) is 33.4 Å². The maximum Gasteiger partial charge on any atom is 0.244 e. The number of methoxy groups -OCH3 is 1. The van der Waals surface area contributed by atoms with Crippen molar-refractivity contribution in [3.8, 4) is 5.75 Å². The molecule has 3 N–H and O–H groups in total. The number of benzene rings is 1. The third kappa shape index (κ3) is 4.96. The van der Waals surface area contributed by atoms with Crippen LogP contribution in [0, 0.1) is 0 Å². The van der Waals surface area contributed by atoms with Crippen LogP contribution in [0.2, 0.25) is 5.02 Å². The molecule has 0 aliphatic heterocycles. The summed E-state index contributed by atoms with van der Waals surface area (Å²) in [6, 6.07) is 4.41. The summed E-state index contributed by atoms with van der Waals surface area (Å²) in [6.45, 7) is 0.960.